The van der Waals surface area contributed by atoms with E-state index < -0.39 is 0 Å². The highest BCUT2D eigenvalue weighted by molar-refractivity contribution is 5.44. The number of pyridine rings is 1. The van der Waals surface area contributed by atoms with E-state index in [1.807, 2.05) is 12.1 Å². The SMILES string of the molecule is CC(C)c1cc(CO)cc(N(CCCO)C(C)C)n1. The molecule has 0 fully saturated rings. The number of aliphatic hydroxyl groups excluding tert-OH is 2. The van der Waals surface area contributed by atoms with Gasteiger partial charge in [0.15, 0.2) is 0 Å². The fourth-order valence-corrected chi connectivity index (χ4v) is 2.01. The quantitative estimate of drug-likeness (QED) is 0.795. The lowest BCUT2D eigenvalue weighted by molar-refractivity contribution is 0.281. The van der Waals surface area contributed by atoms with Crippen LogP contribution in [0.15, 0.2) is 12.1 Å². The molecule has 0 atom stereocenters. The van der Waals surface area contributed by atoms with Gasteiger partial charge in [-0.2, -0.15) is 0 Å². The zero-order chi connectivity index (χ0) is 14.4. The molecule has 1 aromatic heterocycles. The molecule has 1 aromatic rings. The first-order chi connectivity index (χ1) is 8.99. The van der Waals surface area contributed by atoms with Crippen molar-refractivity contribution in [3.8, 4) is 0 Å². The molecule has 108 valence electrons. The highest BCUT2D eigenvalue weighted by atomic mass is 16.3. The van der Waals surface area contributed by atoms with Crippen LogP contribution in [0.3, 0.4) is 0 Å². The van der Waals surface area contributed by atoms with E-state index in [0.29, 0.717) is 12.0 Å². The zero-order valence-electron chi connectivity index (χ0n) is 12.4. The molecule has 0 unspecified atom stereocenters. The molecule has 19 heavy (non-hydrogen) atoms. The Balaban J connectivity index is 3.10. The number of hydrogen-bond donors (Lipinski definition) is 2. The van der Waals surface area contributed by atoms with E-state index in [0.717, 1.165) is 30.0 Å². The van der Waals surface area contributed by atoms with E-state index in [-0.39, 0.29) is 13.2 Å². The topological polar surface area (TPSA) is 56.6 Å². The van der Waals surface area contributed by atoms with Gasteiger partial charge in [0.05, 0.1) is 6.61 Å². The number of hydrogen-bond acceptors (Lipinski definition) is 4. The Bertz CT molecular complexity index is 392. The monoisotopic (exact) mass is 266 g/mol. The molecule has 0 radical (unpaired) electrons. The summed E-state index contributed by atoms with van der Waals surface area (Å²) in [5.41, 5.74) is 1.89. The second kappa shape index (κ2) is 7.46. The zero-order valence-corrected chi connectivity index (χ0v) is 12.4. The minimum Gasteiger partial charge on any atom is -0.396 e. The predicted octanol–water partition coefficient (Wildman–Crippen LogP) is 2.29. The number of rotatable bonds is 7. The summed E-state index contributed by atoms with van der Waals surface area (Å²) < 4.78 is 0. The normalized spacial score (nSPS) is 11.4. The van der Waals surface area contributed by atoms with Crippen molar-refractivity contribution in [3.63, 3.8) is 0 Å². The molecule has 0 aliphatic carbocycles. The van der Waals surface area contributed by atoms with Crippen LogP contribution in [0, 0.1) is 0 Å². The third-order valence-electron chi connectivity index (χ3n) is 3.14. The number of aromatic nitrogens is 1. The number of anilines is 1. The molecular weight excluding hydrogens is 240 g/mol. The summed E-state index contributed by atoms with van der Waals surface area (Å²) in [7, 11) is 0. The van der Waals surface area contributed by atoms with Gasteiger partial charge < -0.3 is 15.1 Å². The summed E-state index contributed by atoms with van der Waals surface area (Å²) in [4.78, 5) is 6.86. The molecule has 0 spiro atoms. The van der Waals surface area contributed by atoms with Gasteiger partial charge in [0.1, 0.15) is 5.82 Å². The first kappa shape index (κ1) is 15.9. The Morgan fingerprint density at radius 2 is 1.84 bits per heavy atom. The van der Waals surface area contributed by atoms with Crippen LogP contribution in [0.4, 0.5) is 5.82 Å². The van der Waals surface area contributed by atoms with Gasteiger partial charge in [0.2, 0.25) is 0 Å². The molecule has 4 nitrogen and oxygen atoms in total. The molecule has 0 aliphatic heterocycles. The van der Waals surface area contributed by atoms with Crippen LogP contribution in [0.5, 0.6) is 0 Å². The van der Waals surface area contributed by atoms with Crippen molar-refractivity contribution in [3.05, 3.63) is 23.4 Å². The second-order valence-electron chi connectivity index (χ2n) is 5.44. The smallest absolute Gasteiger partial charge is 0.129 e. The van der Waals surface area contributed by atoms with E-state index >= 15 is 0 Å². The van der Waals surface area contributed by atoms with Crippen molar-refractivity contribution in [1.82, 2.24) is 4.98 Å². The summed E-state index contributed by atoms with van der Waals surface area (Å²) in [6.45, 7) is 9.40. The van der Waals surface area contributed by atoms with Gasteiger partial charge in [-0.3, -0.25) is 0 Å². The van der Waals surface area contributed by atoms with Gasteiger partial charge in [-0.15, -0.1) is 0 Å². The van der Waals surface area contributed by atoms with E-state index in [4.69, 9.17) is 5.11 Å². The lowest BCUT2D eigenvalue weighted by atomic mass is 10.1. The van der Waals surface area contributed by atoms with Gasteiger partial charge >= 0.3 is 0 Å². The highest BCUT2D eigenvalue weighted by Crippen LogP contribution is 2.22. The third-order valence-corrected chi connectivity index (χ3v) is 3.14. The minimum absolute atomic E-state index is 0.0289. The molecule has 0 saturated heterocycles. The Labute approximate surface area is 116 Å². The highest BCUT2D eigenvalue weighted by Gasteiger charge is 2.14. The third kappa shape index (κ3) is 4.48. The van der Waals surface area contributed by atoms with Crippen LogP contribution in [0.1, 0.15) is 51.3 Å². The fraction of sp³-hybridized carbons (Fsp3) is 0.667. The second-order valence-corrected chi connectivity index (χ2v) is 5.44. The van der Waals surface area contributed by atoms with Crippen LogP contribution in [0.2, 0.25) is 0 Å². The van der Waals surface area contributed by atoms with Crippen molar-refractivity contribution in [2.75, 3.05) is 18.1 Å². The molecule has 2 N–H and O–H groups in total. The maximum absolute atomic E-state index is 9.38. The largest absolute Gasteiger partial charge is 0.396 e. The van der Waals surface area contributed by atoms with Crippen LogP contribution in [-0.4, -0.2) is 34.4 Å². The molecule has 0 saturated carbocycles. The molecule has 0 bridgehead atoms. The predicted molar refractivity (Wildman–Crippen MR) is 78.4 cm³/mol. The van der Waals surface area contributed by atoms with E-state index in [1.165, 1.54) is 0 Å². The first-order valence-electron chi connectivity index (χ1n) is 6.98. The molecule has 0 aliphatic rings. The fourth-order valence-electron chi connectivity index (χ4n) is 2.01. The van der Waals surface area contributed by atoms with Crippen molar-refractivity contribution in [1.29, 1.82) is 0 Å². The van der Waals surface area contributed by atoms with Gasteiger partial charge in [0, 0.05) is 24.9 Å². The van der Waals surface area contributed by atoms with Gasteiger partial charge in [0.25, 0.3) is 0 Å². The number of nitrogens with zero attached hydrogens (tertiary/aromatic N) is 2. The lowest BCUT2D eigenvalue weighted by Gasteiger charge is -2.28. The first-order valence-corrected chi connectivity index (χ1v) is 6.98. The van der Waals surface area contributed by atoms with Crippen molar-refractivity contribution in [2.45, 2.75) is 52.7 Å². The molecule has 1 heterocycles. The van der Waals surface area contributed by atoms with E-state index in [2.05, 4.69) is 37.6 Å². The summed E-state index contributed by atoms with van der Waals surface area (Å²) in [6.07, 6.45) is 0.722. The van der Waals surface area contributed by atoms with E-state index in [9.17, 15) is 5.11 Å². The molecule has 4 heteroatoms. The minimum atomic E-state index is 0.0289. The Morgan fingerprint density at radius 1 is 1.16 bits per heavy atom. The van der Waals surface area contributed by atoms with Crippen molar-refractivity contribution < 1.29 is 10.2 Å². The maximum atomic E-state index is 9.38. The van der Waals surface area contributed by atoms with Crippen LogP contribution in [-0.2, 0) is 6.61 Å². The van der Waals surface area contributed by atoms with Crippen LogP contribution < -0.4 is 4.90 Å². The van der Waals surface area contributed by atoms with Gasteiger partial charge in [-0.1, -0.05) is 13.8 Å². The molecular formula is C15H26N2O2. The molecule has 1 rings (SSSR count). The summed E-state index contributed by atoms with van der Waals surface area (Å²) in [6, 6.07) is 4.20. The van der Waals surface area contributed by atoms with Gasteiger partial charge in [-0.05, 0) is 43.9 Å². The molecule has 0 aromatic carbocycles. The Morgan fingerprint density at radius 3 is 2.32 bits per heavy atom. The van der Waals surface area contributed by atoms with Crippen LogP contribution in [0.25, 0.3) is 0 Å². The summed E-state index contributed by atoms with van der Waals surface area (Å²) in [5.74, 6) is 1.22. The summed E-state index contributed by atoms with van der Waals surface area (Å²) in [5, 5.41) is 18.4. The summed E-state index contributed by atoms with van der Waals surface area (Å²) >= 11 is 0. The van der Waals surface area contributed by atoms with Crippen molar-refractivity contribution in [2.24, 2.45) is 0 Å². The maximum Gasteiger partial charge on any atom is 0.129 e. The lowest BCUT2D eigenvalue weighted by Crippen LogP contribution is -2.33. The van der Waals surface area contributed by atoms with E-state index in [1.54, 1.807) is 0 Å². The standard InChI is InChI=1S/C15H26N2O2/c1-11(2)14-8-13(10-19)9-15(16-14)17(12(3)4)6-5-7-18/h8-9,11-12,18-19H,5-7,10H2,1-4H3. The Hall–Kier alpha value is -1.13. The number of aliphatic hydroxyl groups is 2. The Kier molecular flexibility index (Phi) is 6.25. The average Bonchev–Trinajstić information content (AvgIpc) is 2.38. The molecule has 0 amide bonds. The van der Waals surface area contributed by atoms with Crippen LogP contribution >= 0.6 is 0 Å². The van der Waals surface area contributed by atoms with Crippen molar-refractivity contribution >= 4 is 5.82 Å². The van der Waals surface area contributed by atoms with Gasteiger partial charge in [-0.25, -0.2) is 4.98 Å². The average molecular weight is 266 g/mol.